The lowest BCUT2D eigenvalue weighted by molar-refractivity contribution is -0.116. The van der Waals surface area contributed by atoms with Crippen LogP contribution in [0, 0.1) is 6.92 Å². The molecule has 1 aliphatic rings. The largest absolute Gasteiger partial charge is 0.428 e. The number of hydrogen-bond acceptors (Lipinski definition) is 3. The molecular weight excluding hydrogens is 242 g/mol. The van der Waals surface area contributed by atoms with Crippen molar-refractivity contribution in [1.29, 1.82) is 0 Å². The summed E-state index contributed by atoms with van der Waals surface area (Å²) in [7, 11) is 0. The summed E-state index contributed by atoms with van der Waals surface area (Å²) in [5.74, 6) is 0.186. The van der Waals surface area contributed by atoms with Crippen LogP contribution in [0.2, 0.25) is 0 Å². The molecule has 1 amide bonds. The Hall–Kier alpha value is -2.36. The van der Waals surface area contributed by atoms with E-state index < -0.39 is 0 Å². The number of carbonyl (C=O) groups excluding carboxylic acids is 1. The molecule has 0 fully saturated rings. The van der Waals surface area contributed by atoms with Crippen LogP contribution in [0.25, 0.3) is 0 Å². The molecule has 0 radical (unpaired) electrons. The summed E-state index contributed by atoms with van der Waals surface area (Å²) in [5.41, 5.74) is 1.69. The first-order valence-electron chi connectivity index (χ1n) is 6.14. The van der Waals surface area contributed by atoms with E-state index in [0.29, 0.717) is 17.0 Å². The highest BCUT2D eigenvalue weighted by Crippen LogP contribution is 2.34. The third-order valence-corrected chi connectivity index (χ3v) is 3.33. The van der Waals surface area contributed by atoms with Crippen molar-refractivity contribution in [1.82, 2.24) is 0 Å². The molecular formula is C15H13NO3. The van der Waals surface area contributed by atoms with Gasteiger partial charge in [-0.3, -0.25) is 4.79 Å². The predicted molar refractivity (Wildman–Crippen MR) is 71.2 cm³/mol. The van der Waals surface area contributed by atoms with Crippen LogP contribution >= 0.6 is 0 Å². The molecule has 19 heavy (non-hydrogen) atoms. The predicted octanol–water partition coefficient (Wildman–Crippen LogP) is 2.42. The molecule has 3 rings (SSSR count). The molecule has 2 aromatic rings. The van der Waals surface area contributed by atoms with E-state index in [-0.39, 0.29) is 23.9 Å². The lowest BCUT2D eigenvalue weighted by Gasteiger charge is -2.24. The maximum atomic E-state index is 12.1. The van der Waals surface area contributed by atoms with Gasteiger partial charge in [0.1, 0.15) is 5.76 Å². The maximum absolute atomic E-state index is 12.1. The standard InChI is InChI=1S/C15H13NO3/c1-9-7-12-14(15(18)19-9)11(8-13(17)16-12)10-5-3-2-4-6-10/h2-7,11H,8H2,1H3,(H,16,17). The number of benzene rings is 1. The second-order valence-electron chi connectivity index (χ2n) is 4.69. The average molecular weight is 255 g/mol. The Balaban J connectivity index is 2.20. The summed E-state index contributed by atoms with van der Waals surface area (Å²) >= 11 is 0. The van der Waals surface area contributed by atoms with Crippen molar-refractivity contribution in [2.45, 2.75) is 19.3 Å². The van der Waals surface area contributed by atoms with Crippen molar-refractivity contribution in [2.24, 2.45) is 0 Å². The van der Waals surface area contributed by atoms with Crippen LogP contribution in [0.15, 0.2) is 45.6 Å². The lowest BCUT2D eigenvalue weighted by atomic mass is 9.86. The van der Waals surface area contributed by atoms with Crippen LogP contribution in [-0.4, -0.2) is 5.91 Å². The molecule has 0 bridgehead atoms. The van der Waals surface area contributed by atoms with Gasteiger partial charge in [0, 0.05) is 18.4 Å². The van der Waals surface area contributed by atoms with Crippen molar-refractivity contribution in [3.63, 3.8) is 0 Å². The molecule has 1 unspecified atom stereocenters. The first-order valence-corrected chi connectivity index (χ1v) is 6.14. The van der Waals surface area contributed by atoms with Gasteiger partial charge in [0.05, 0.1) is 11.3 Å². The number of anilines is 1. The minimum absolute atomic E-state index is 0.0775. The van der Waals surface area contributed by atoms with Gasteiger partial charge < -0.3 is 9.73 Å². The zero-order chi connectivity index (χ0) is 13.4. The van der Waals surface area contributed by atoms with Crippen molar-refractivity contribution in [3.05, 3.63) is 63.7 Å². The number of carbonyl (C=O) groups is 1. The highest BCUT2D eigenvalue weighted by molar-refractivity contribution is 5.95. The van der Waals surface area contributed by atoms with Crippen molar-refractivity contribution in [2.75, 3.05) is 5.32 Å². The Morgan fingerprint density at radius 2 is 1.95 bits per heavy atom. The highest BCUT2D eigenvalue weighted by Gasteiger charge is 2.30. The van der Waals surface area contributed by atoms with Crippen molar-refractivity contribution >= 4 is 11.6 Å². The van der Waals surface area contributed by atoms with Crippen LogP contribution in [0.5, 0.6) is 0 Å². The van der Waals surface area contributed by atoms with E-state index in [1.54, 1.807) is 13.0 Å². The Morgan fingerprint density at radius 1 is 1.21 bits per heavy atom. The fourth-order valence-electron chi connectivity index (χ4n) is 2.51. The SMILES string of the molecule is Cc1cc2c(c(=O)o1)C(c1ccccc1)CC(=O)N2. The van der Waals surface area contributed by atoms with Crippen LogP contribution in [0.3, 0.4) is 0 Å². The monoisotopic (exact) mass is 255 g/mol. The van der Waals surface area contributed by atoms with Gasteiger partial charge in [0.2, 0.25) is 5.91 Å². The number of hydrogen-bond donors (Lipinski definition) is 1. The summed E-state index contributed by atoms with van der Waals surface area (Å²) in [6.07, 6.45) is 0.269. The summed E-state index contributed by atoms with van der Waals surface area (Å²) < 4.78 is 5.16. The van der Waals surface area contributed by atoms with Crippen LogP contribution in [-0.2, 0) is 4.79 Å². The minimum atomic E-state index is -0.371. The normalized spacial score (nSPS) is 17.7. The second kappa shape index (κ2) is 4.39. The summed E-state index contributed by atoms with van der Waals surface area (Å²) in [4.78, 5) is 23.8. The van der Waals surface area contributed by atoms with Crippen molar-refractivity contribution in [3.8, 4) is 0 Å². The Kier molecular flexibility index (Phi) is 2.71. The van der Waals surface area contributed by atoms with E-state index in [9.17, 15) is 9.59 Å². The number of fused-ring (bicyclic) bond motifs is 1. The van der Waals surface area contributed by atoms with Crippen LogP contribution in [0.1, 0.15) is 29.2 Å². The topological polar surface area (TPSA) is 59.3 Å². The third-order valence-electron chi connectivity index (χ3n) is 3.33. The number of nitrogens with one attached hydrogen (secondary N) is 1. The van der Waals surface area contributed by atoms with E-state index in [1.165, 1.54) is 0 Å². The quantitative estimate of drug-likeness (QED) is 0.851. The van der Waals surface area contributed by atoms with Gasteiger partial charge in [-0.05, 0) is 12.5 Å². The van der Waals surface area contributed by atoms with Crippen LogP contribution in [0.4, 0.5) is 5.69 Å². The molecule has 0 saturated carbocycles. The number of rotatable bonds is 1. The molecule has 2 heterocycles. The molecule has 0 aliphatic carbocycles. The van der Waals surface area contributed by atoms with Gasteiger partial charge in [0.25, 0.3) is 0 Å². The fraction of sp³-hybridized carbons (Fsp3) is 0.200. The van der Waals surface area contributed by atoms with Gasteiger partial charge in [-0.1, -0.05) is 30.3 Å². The molecule has 1 aromatic carbocycles. The maximum Gasteiger partial charge on any atom is 0.341 e. The molecule has 4 heteroatoms. The Bertz CT molecular complexity index is 688. The van der Waals surface area contributed by atoms with E-state index in [1.807, 2.05) is 30.3 Å². The first kappa shape index (κ1) is 11.7. The van der Waals surface area contributed by atoms with E-state index in [0.717, 1.165) is 5.56 Å². The zero-order valence-electron chi connectivity index (χ0n) is 10.5. The highest BCUT2D eigenvalue weighted by atomic mass is 16.4. The third kappa shape index (κ3) is 2.05. The molecule has 1 aliphatic heterocycles. The van der Waals surface area contributed by atoms with Gasteiger partial charge in [-0.15, -0.1) is 0 Å². The smallest absolute Gasteiger partial charge is 0.341 e. The van der Waals surface area contributed by atoms with Gasteiger partial charge in [0.15, 0.2) is 0 Å². The number of amides is 1. The van der Waals surface area contributed by atoms with Gasteiger partial charge in [-0.2, -0.15) is 0 Å². The van der Waals surface area contributed by atoms with Gasteiger partial charge >= 0.3 is 5.63 Å². The molecule has 0 saturated heterocycles. The molecule has 96 valence electrons. The average Bonchev–Trinajstić information content (AvgIpc) is 2.38. The molecule has 4 nitrogen and oxygen atoms in total. The first-order chi connectivity index (χ1) is 9.15. The summed E-state index contributed by atoms with van der Waals surface area (Å²) in [6.45, 7) is 1.69. The minimum Gasteiger partial charge on any atom is -0.428 e. The fourth-order valence-corrected chi connectivity index (χ4v) is 2.51. The van der Waals surface area contributed by atoms with Crippen molar-refractivity contribution < 1.29 is 9.21 Å². The van der Waals surface area contributed by atoms with E-state index >= 15 is 0 Å². The van der Waals surface area contributed by atoms with Crippen LogP contribution < -0.4 is 10.9 Å². The second-order valence-corrected chi connectivity index (χ2v) is 4.69. The Morgan fingerprint density at radius 3 is 2.68 bits per heavy atom. The van der Waals surface area contributed by atoms with E-state index in [4.69, 9.17) is 4.42 Å². The van der Waals surface area contributed by atoms with Gasteiger partial charge in [-0.25, -0.2) is 4.79 Å². The molecule has 0 spiro atoms. The molecule has 1 N–H and O–H groups in total. The summed E-state index contributed by atoms with van der Waals surface area (Å²) in [5, 5.41) is 2.74. The zero-order valence-corrected chi connectivity index (χ0v) is 10.5. The molecule has 1 atom stereocenters. The number of aryl methyl sites for hydroxylation is 1. The van der Waals surface area contributed by atoms with E-state index in [2.05, 4.69) is 5.32 Å². The lowest BCUT2D eigenvalue weighted by Crippen LogP contribution is -2.28. The Labute approximate surface area is 110 Å². The summed E-state index contributed by atoms with van der Waals surface area (Å²) in [6, 6.07) is 11.3. The molecule has 1 aromatic heterocycles.